The minimum absolute atomic E-state index is 0.102. The molecule has 2 aromatic rings. The number of carbonyl (C=O) groups is 1. The highest BCUT2D eigenvalue weighted by Crippen LogP contribution is 2.42. The summed E-state index contributed by atoms with van der Waals surface area (Å²) in [5.74, 6) is 6.18. The van der Waals surface area contributed by atoms with Gasteiger partial charge in [-0.1, -0.05) is 44.4 Å². The lowest BCUT2D eigenvalue weighted by Crippen LogP contribution is -2.45. The summed E-state index contributed by atoms with van der Waals surface area (Å²) in [6.45, 7) is 2.11. The molecule has 0 aromatic carbocycles. The molecular weight excluding hydrogens is 488 g/mol. The third-order valence-corrected chi connectivity index (χ3v) is 8.40. The smallest absolute Gasteiger partial charge is 0.252 e. The zero-order valence-electron chi connectivity index (χ0n) is 21.8. The minimum Gasteiger partial charge on any atom is -0.387 e. The quantitative estimate of drug-likeness (QED) is 0.362. The Kier molecular flexibility index (Phi) is 7.86. The fraction of sp³-hybridized carbons (Fsp3) is 0.704. The molecule has 4 atom stereocenters. The van der Waals surface area contributed by atoms with Crippen molar-refractivity contribution >= 4 is 22.9 Å². The molecule has 3 aliphatic rings. The average molecular weight is 527 g/mol. The molecule has 11 nitrogen and oxygen atoms in total. The number of nitrogens with two attached hydrogens (primary N) is 1. The molecule has 6 N–H and O–H groups in total. The lowest BCUT2D eigenvalue weighted by atomic mass is 9.66. The van der Waals surface area contributed by atoms with Gasteiger partial charge in [-0.05, 0) is 50.4 Å². The van der Waals surface area contributed by atoms with E-state index in [2.05, 4.69) is 32.1 Å². The zero-order chi connectivity index (χ0) is 26.9. The molecule has 3 fully saturated rings. The van der Waals surface area contributed by atoms with Crippen molar-refractivity contribution in [3.05, 3.63) is 12.2 Å². The highest BCUT2D eigenvalue weighted by Gasteiger charge is 2.48. The van der Waals surface area contributed by atoms with Crippen molar-refractivity contribution in [3.8, 4) is 11.8 Å². The van der Waals surface area contributed by atoms with Gasteiger partial charge in [0.1, 0.15) is 23.3 Å². The number of aliphatic hydroxyl groups is 3. The highest BCUT2D eigenvalue weighted by atomic mass is 16.6. The SMILES string of the molecule is CCNC(=O)[C@H]1O[C@@H](n2cnc3c(N)nc(C#CC(O)(C4CCCCC4)C4CCCCC4)nc32)C(O)[C@H]1O. The molecule has 0 bridgehead atoms. The van der Waals surface area contributed by atoms with Crippen LogP contribution in [-0.2, 0) is 9.53 Å². The van der Waals surface area contributed by atoms with Gasteiger partial charge in [0.15, 0.2) is 23.8 Å². The van der Waals surface area contributed by atoms with Crippen LogP contribution in [0.25, 0.3) is 11.2 Å². The van der Waals surface area contributed by atoms with Crippen molar-refractivity contribution in [1.82, 2.24) is 24.8 Å². The van der Waals surface area contributed by atoms with E-state index in [4.69, 9.17) is 10.5 Å². The van der Waals surface area contributed by atoms with Crippen molar-refractivity contribution in [2.75, 3.05) is 12.3 Å². The van der Waals surface area contributed by atoms with Crippen LogP contribution in [0.15, 0.2) is 6.33 Å². The fourth-order valence-corrected chi connectivity index (χ4v) is 6.34. The molecule has 1 unspecified atom stereocenters. The Labute approximate surface area is 222 Å². The molecule has 38 heavy (non-hydrogen) atoms. The minimum atomic E-state index is -1.43. The molecule has 2 aromatic heterocycles. The van der Waals surface area contributed by atoms with E-state index in [9.17, 15) is 20.1 Å². The Bertz CT molecular complexity index is 1190. The maximum atomic E-state index is 12.3. The number of hydrogen-bond acceptors (Lipinski definition) is 9. The van der Waals surface area contributed by atoms with Crippen LogP contribution in [0.4, 0.5) is 5.82 Å². The number of fused-ring (bicyclic) bond motifs is 1. The number of hydrogen-bond donors (Lipinski definition) is 5. The largest absolute Gasteiger partial charge is 0.387 e. The number of nitrogens with one attached hydrogen (secondary N) is 1. The molecule has 11 heteroatoms. The van der Waals surface area contributed by atoms with Crippen LogP contribution < -0.4 is 11.1 Å². The van der Waals surface area contributed by atoms with Gasteiger partial charge in [0.05, 0.1) is 6.33 Å². The van der Waals surface area contributed by atoms with Gasteiger partial charge in [-0.15, -0.1) is 0 Å². The second kappa shape index (κ2) is 11.1. The van der Waals surface area contributed by atoms with E-state index in [0.29, 0.717) is 6.54 Å². The van der Waals surface area contributed by atoms with Crippen molar-refractivity contribution < 1.29 is 24.9 Å². The van der Waals surface area contributed by atoms with E-state index in [1.54, 1.807) is 6.92 Å². The molecule has 5 rings (SSSR count). The molecule has 206 valence electrons. The van der Waals surface area contributed by atoms with Gasteiger partial charge in [0.25, 0.3) is 5.91 Å². The van der Waals surface area contributed by atoms with Crippen LogP contribution in [0.5, 0.6) is 0 Å². The fourth-order valence-electron chi connectivity index (χ4n) is 6.34. The molecular formula is C27H38N6O5. The van der Waals surface area contributed by atoms with Crippen molar-refractivity contribution in [2.24, 2.45) is 11.8 Å². The number of ether oxygens (including phenoxy) is 1. The summed E-state index contributed by atoms with van der Waals surface area (Å²) in [6.07, 6.45) is 6.83. The number of aromatic nitrogens is 4. The van der Waals surface area contributed by atoms with Gasteiger partial charge >= 0.3 is 0 Å². The zero-order valence-corrected chi connectivity index (χ0v) is 21.8. The summed E-state index contributed by atoms with van der Waals surface area (Å²) in [5.41, 5.74) is 5.64. The molecule has 1 aliphatic heterocycles. The van der Waals surface area contributed by atoms with Gasteiger partial charge in [0, 0.05) is 6.54 Å². The maximum Gasteiger partial charge on any atom is 0.252 e. The Hall–Kier alpha value is -2.78. The summed E-state index contributed by atoms with van der Waals surface area (Å²) in [5, 5.41) is 35.7. The van der Waals surface area contributed by atoms with Crippen LogP contribution in [0, 0.1) is 23.7 Å². The van der Waals surface area contributed by atoms with E-state index >= 15 is 0 Å². The van der Waals surface area contributed by atoms with Gasteiger partial charge in [-0.25, -0.2) is 15.0 Å². The summed E-state index contributed by atoms with van der Waals surface area (Å²) < 4.78 is 7.17. The number of imidazole rings is 1. The molecule has 2 saturated carbocycles. The third-order valence-electron chi connectivity index (χ3n) is 8.40. The number of nitrogen functional groups attached to an aromatic ring is 1. The number of nitrogens with zero attached hydrogens (tertiary/aromatic N) is 4. The molecule has 0 spiro atoms. The average Bonchev–Trinajstić information content (AvgIpc) is 3.49. The standard InChI is InChI=1S/C27H38N6O5/c1-2-29-25(36)22-20(34)21(35)26(38-22)33-15-30-19-23(28)31-18(32-24(19)33)13-14-27(37,16-9-5-3-6-10-16)17-11-7-4-8-12-17/h15-17,20-22,26,34-35,37H,2-12H2,1H3,(H,29,36)(H2,28,31,32)/t20-,21?,22+,26-/m1/s1. The van der Waals surface area contributed by atoms with E-state index in [1.807, 2.05) is 0 Å². The Morgan fingerprint density at radius 3 is 2.34 bits per heavy atom. The number of likely N-dealkylation sites (N-methyl/N-ethyl adjacent to an activating group) is 1. The summed E-state index contributed by atoms with van der Waals surface area (Å²) in [7, 11) is 0. The first kappa shape index (κ1) is 26.8. The number of rotatable bonds is 5. The Morgan fingerprint density at radius 1 is 1.11 bits per heavy atom. The number of carbonyl (C=O) groups excluding carboxylic acids is 1. The Morgan fingerprint density at radius 2 is 1.74 bits per heavy atom. The first-order valence-corrected chi connectivity index (χ1v) is 13.9. The lowest BCUT2D eigenvalue weighted by Gasteiger charge is -2.42. The molecule has 3 heterocycles. The molecule has 2 aliphatic carbocycles. The van der Waals surface area contributed by atoms with Crippen LogP contribution in [-0.4, -0.2) is 71.2 Å². The summed E-state index contributed by atoms with van der Waals surface area (Å²) in [6, 6.07) is 0. The predicted molar refractivity (Wildman–Crippen MR) is 139 cm³/mol. The number of aliphatic hydroxyl groups excluding tert-OH is 2. The summed E-state index contributed by atoms with van der Waals surface area (Å²) in [4.78, 5) is 25.5. The normalized spacial score (nSPS) is 27.3. The van der Waals surface area contributed by atoms with Crippen molar-refractivity contribution in [2.45, 2.75) is 101 Å². The van der Waals surface area contributed by atoms with Crippen molar-refractivity contribution in [3.63, 3.8) is 0 Å². The number of anilines is 1. The first-order chi connectivity index (χ1) is 18.3. The summed E-state index contributed by atoms with van der Waals surface area (Å²) >= 11 is 0. The van der Waals surface area contributed by atoms with Crippen molar-refractivity contribution in [1.29, 1.82) is 0 Å². The maximum absolute atomic E-state index is 12.3. The second-order valence-corrected chi connectivity index (χ2v) is 10.8. The molecule has 1 saturated heterocycles. The van der Waals surface area contributed by atoms with Gasteiger partial charge in [-0.2, -0.15) is 0 Å². The van der Waals surface area contributed by atoms with Crippen LogP contribution in [0.3, 0.4) is 0 Å². The third kappa shape index (κ3) is 4.98. The van der Waals surface area contributed by atoms with Crippen LogP contribution in [0.2, 0.25) is 0 Å². The topological polar surface area (TPSA) is 169 Å². The number of amides is 1. The second-order valence-electron chi connectivity index (χ2n) is 10.8. The van der Waals surface area contributed by atoms with Gasteiger partial charge < -0.3 is 31.1 Å². The predicted octanol–water partition coefficient (Wildman–Crippen LogP) is 1.41. The lowest BCUT2D eigenvalue weighted by molar-refractivity contribution is -0.137. The van der Waals surface area contributed by atoms with Crippen LogP contribution >= 0.6 is 0 Å². The van der Waals surface area contributed by atoms with E-state index in [1.165, 1.54) is 23.7 Å². The van der Waals surface area contributed by atoms with E-state index < -0.39 is 36.0 Å². The highest BCUT2D eigenvalue weighted by molar-refractivity contribution is 5.83. The van der Waals surface area contributed by atoms with E-state index in [-0.39, 0.29) is 34.6 Å². The van der Waals surface area contributed by atoms with E-state index in [0.717, 1.165) is 51.4 Å². The van der Waals surface area contributed by atoms with Gasteiger partial charge in [-0.3, -0.25) is 9.36 Å². The van der Waals surface area contributed by atoms with Crippen LogP contribution in [0.1, 0.15) is 83.2 Å². The monoisotopic (exact) mass is 526 g/mol. The molecule has 1 amide bonds. The Balaban J connectivity index is 1.48. The molecule has 0 radical (unpaired) electrons. The van der Waals surface area contributed by atoms with Gasteiger partial charge in [0.2, 0.25) is 5.82 Å². The first-order valence-electron chi connectivity index (χ1n) is 13.9.